The molecule has 0 spiro atoms. The summed E-state index contributed by atoms with van der Waals surface area (Å²) in [7, 11) is -17.4. The number of hydrogen-bond donors (Lipinski definition) is 11. The average molecular weight is 817 g/mol. The Morgan fingerprint density at radius 1 is 0.792 bits per heavy atom. The molecule has 28 nitrogen and oxygen atoms in total. The fraction of sp³-hybridized carbons (Fsp3) is 0.545. The second-order valence-electron chi connectivity index (χ2n) is 11.5. The lowest BCUT2D eigenvalue weighted by molar-refractivity contribution is -0.669. The molecule has 2 aliphatic heterocycles. The molecule has 2 fully saturated rings. The quantitative estimate of drug-likeness (QED) is 0.0451. The van der Waals surface area contributed by atoms with E-state index in [-0.39, 0.29) is 40.8 Å². The first kappa shape index (κ1) is 39.2. The maximum atomic E-state index is 12.5. The Labute approximate surface area is 292 Å². The number of aliphatic hydroxyl groups excluding tert-OH is 4. The first-order valence-electron chi connectivity index (χ1n) is 15.0. The third kappa shape index (κ3) is 7.85. The Bertz CT molecular complexity index is 2300. The number of phosphoric acid groups is 3. The fourth-order valence-electron chi connectivity index (χ4n) is 5.58. The highest BCUT2D eigenvalue weighted by Gasteiger charge is 2.50. The monoisotopic (exact) mass is 817 g/mol. The number of ether oxygens (including phenoxy) is 2. The smallest absolute Gasteiger partial charge is 0.387 e. The summed E-state index contributed by atoms with van der Waals surface area (Å²) in [4.78, 5) is 70.9. The van der Waals surface area contributed by atoms with Crippen molar-refractivity contribution in [1.29, 1.82) is 0 Å². The SMILES string of the molecule is CC[n+]1cn([C@@H]2O[C@H](COP(=O)(O)OP(=O)(O)OP(=O)(O)OC[C@H]3O[C@@H](n4cnc5c(=O)[nH]c(N)nc54)[C@@H](O)C3O)C(O)[C@@H]2O)c2nc(N)[nH]c(=O)c21. The average Bonchev–Trinajstić information content (AvgIpc) is 3.78. The number of nitrogens with zero attached hydrogens (tertiary/aromatic N) is 6. The van der Waals surface area contributed by atoms with E-state index in [9.17, 15) is 58.4 Å². The van der Waals surface area contributed by atoms with E-state index in [4.69, 9.17) is 20.9 Å². The summed E-state index contributed by atoms with van der Waals surface area (Å²) in [6.45, 7) is -0.216. The van der Waals surface area contributed by atoms with Gasteiger partial charge in [0.2, 0.25) is 24.5 Å². The van der Waals surface area contributed by atoms with Gasteiger partial charge in [0.1, 0.15) is 36.6 Å². The highest BCUT2D eigenvalue weighted by Crippen LogP contribution is 2.67. The van der Waals surface area contributed by atoms with E-state index < -0.39 is 96.9 Å². The molecule has 292 valence electrons. The first-order valence-corrected chi connectivity index (χ1v) is 19.4. The Balaban J connectivity index is 1.05. The predicted octanol–water partition coefficient (Wildman–Crippen LogP) is -4.06. The lowest BCUT2D eigenvalue weighted by atomic mass is 10.1. The van der Waals surface area contributed by atoms with E-state index in [0.29, 0.717) is 0 Å². The number of H-pyrrole nitrogens is 2. The van der Waals surface area contributed by atoms with Crippen molar-refractivity contribution < 1.29 is 80.5 Å². The summed E-state index contributed by atoms with van der Waals surface area (Å²) in [5, 5.41) is 42.2. The highest BCUT2D eigenvalue weighted by atomic mass is 31.3. The number of hydrogen-bond acceptors (Lipinski definition) is 20. The van der Waals surface area contributed by atoms with E-state index in [2.05, 4.69) is 42.6 Å². The summed E-state index contributed by atoms with van der Waals surface area (Å²) >= 11 is 0. The number of nitrogens with one attached hydrogen (secondary N) is 2. The van der Waals surface area contributed by atoms with Crippen LogP contribution in [0.2, 0.25) is 0 Å². The summed E-state index contributed by atoms with van der Waals surface area (Å²) in [5.74, 6) is -0.582. The van der Waals surface area contributed by atoms with Crippen LogP contribution in [0.1, 0.15) is 19.4 Å². The molecule has 0 aromatic carbocycles. The van der Waals surface area contributed by atoms with Crippen LogP contribution in [0.3, 0.4) is 0 Å². The van der Waals surface area contributed by atoms with Crippen LogP contribution < -0.4 is 27.2 Å². The number of nitrogens with two attached hydrogens (primary N) is 2. The van der Waals surface area contributed by atoms with Gasteiger partial charge in [0.15, 0.2) is 17.4 Å². The van der Waals surface area contributed by atoms with E-state index >= 15 is 0 Å². The predicted molar refractivity (Wildman–Crippen MR) is 169 cm³/mol. The van der Waals surface area contributed by atoms with Gasteiger partial charge in [-0.05, 0) is 6.92 Å². The second-order valence-corrected chi connectivity index (χ2v) is 16.1. The van der Waals surface area contributed by atoms with E-state index in [1.807, 2.05) is 0 Å². The normalized spacial score (nSPS) is 29.7. The van der Waals surface area contributed by atoms with Crippen LogP contribution in [0.4, 0.5) is 11.9 Å². The molecule has 4 aromatic rings. The Kier molecular flexibility index (Phi) is 10.6. The van der Waals surface area contributed by atoms with Crippen LogP contribution in [-0.4, -0.2) is 119 Å². The van der Waals surface area contributed by atoms with E-state index in [0.717, 1.165) is 10.9 Å². The van der Waals surface area contributed by atoms with Crippen LogP contribution in [-0.2, 0) is 47.4 Å². The van der Waals surface area contributed by atoms with Gasteiger partial charge in [-0.25, -0.2) is 23.2 Å². The lowest BCUT2D eigenvalue weighted by Crippen LogP contribution is -2.35. The molecule has 0 aliphatic carbocycles. The van der Waals surface area contributed by atoms with Gasteiger partial charge < -0.3 is 56.0 Å². The maximum absolute atomic E-state index is 12.5. The Hall–Kier alpha value is -3.53. The number of nitrogen functional groups attached to an aromatic ring is 2. The summed E-state index contributed by atoms with van der Waals surface area (Å²) < 4.78 is 69.5. The van der Waals surface area contributed by atoms with Gasteiger partial charge in [-0.15, -0.1) is 0 Å². The number of aryl methyl sites for hydroxylation is 1. The van der Waals surface area contributed by atoms with Gasteiger partial charge >= 0.3 is 29.0 Å². The minimum absolute atomic E-state index is 0.0445. The zero-order valence-corrected chi connectivity index (χ0v) is 29.4. The van der Waals surface area contributed by atoms with E-state index in [1.54, 1.807) is 6.92 Å². The van der Waals surface area contributed by atoms with Crippen LogP contribution in [0.5, 0.6) is 0 Å². The molecular formula is C22H32N10O18P3+. The number of fused-ring (bicyclic) bond motifs is 2. The maximum Gasteiger partial charge on any atom is 0.490 e. The molecule has 31 heteroatoms. The molecule has 5 unspecified atom stereocenters. The van der Waals surface area contributed by atoms with Crippen molar-refractivity contribution in [2.45, 2.75) is 62.5 Å². The molecular weight excluding hydrogens is 785 g/mol. The fourth-order valence-corrected chi connectivity index (χ4v) is 9.10. The molecule has 6 rings (SSSR count). The molecule has 4 aromatic heterocycles. The number of rotatable bonds is 13. The number of aromatic nitrogens is 8. The lowest BCUT2D eigenvalue weighted by Gasteiger charge is -2.21. The number of anilines is 2. The van der Waals surface area contributed by atoms with Crippen molar-refractivity contribution >= 4 is 57.7 Å². The molecule has 53 heavy (non-hydrogen) atoms. The zero-order chi connectivity index (χ0) is 38.8. The third-order valence-electron chi connectivity index (χ3n) is 7.92. The number of imidazole rings is 2. The zero-order valence-electron chi connectivity index (χ0n) is 26.7. The van der Waals surface area contributed by atoms with E-state index in [1.165, 1.54) is 15.5 Å². The van der Waals surface area contributed by atoms with Gasteiger partial charge in [-0.1, -0.05) is 0 Å². The molecule has 6 heterocycles. The second kappa shape index (κ2) is 14.3. The van der Waals surface area contributed by atoms with Crippen LogP contribution in [0, 0.1) is 0 Å². The minimum Gasteiger partial charge on any atom is -0.387 e. The molecule has 2 aliphatic rings. The van der Waals surface area contributed by atoms with Crippen LogP contribution in [0.15, 0.2) is 22.2 Å². The molecule has 0 radical (unpaired) electrons. The van der Waals surface area contributed by atoms with Crippen molar-refractivity contribution in [3.8, 4) is 0 Å². The summed E-state index contributed by atoms with van der Waals surface area (Å²) in [5.41, 5.74) is 9.49. The third-order valence-corrected chi connectivity index (χ3v) is 12.2. The van der Waals surface area contributed by atoms with Crippen molar-refractivity contribution in [3.05, 3.63) is 33.4 Å². The molecule has 2 saturated heterocycles. The number of aromatic amines is 2. The topological polar surface area (TPSA) is 418 Å². The Morgan fingerprint density at radius 2 is 1.28 bits per heavy atom. The first-order chi connectivity index (χ1) is 24.7. The standard InChI is InChI=1S/C22H31N10O18P3/c1-2-30-6-32(16-10(30)18(38)29-22(24)27-16)20-14(36)12(34)8(48-20)4-46-52(41,42)50-53(43,44)49-51(39,40)45-3-7-11(33)13(35)19(47-7)31-5-25-9-15(31)26-21(23)28-17(9)37/h5-8,11-14,19-20,33-36H,2-4H2,1H3,(H8-,23,24,26,27,28,29,37,38,39,40,41,42,43,44)/p+1/t7-,8-,11?,12?,13+,14+,19-,20-/m1/s1. The molecule has 13 N–H and O–H groups in total. The number of phosphoric ester groups is 2. The molecule has 0 bridgehead atoms. The highest BCUT2D eigenvalue weighted by molar-refractivity contribution is 7.66. The minimum atomic E-state index is -6.01. The summed E-state index contributed by atoms with van der Waals surface area (Å²) in [6.07, 6.45) is -10.9. The van der Waals surface area contributed by atoms with Crippen molar-refractivity contribution in [1.82, 2.24) is 34.1 Å². The van der Waals surface area contributed by atoms with Crippen molar-refractivity contribution in [3.63, 3.8) is 0 Å². The summed E-state index contributed by atoms with van der Waals surface area (Å²) in [6, 6.07) is 0. The molecule has 11 atom stereocenters. The largest absolute Gasteiger partial charge is 0.490 e. The van der Waals surface area contributed by atoms with Gasteiger partial charge in [-0.2, -0.15) is 23.2 Å². The van der Waals surface area contributed by atoms with Crippen molar-refractivity contribution in [2.24, 2.45) is 0 Å². The van der Waals surface area contributed by atoms with Crippen LogP contribution >= 0.6 is 23.5 Å². The van der Waals surface area contributed by atoms with Gasteiger partial charge in [0.05, 0.1) is 26.1 Å². The van der Waals surface area contributed by atoms with Gasteiger partial charge in [0, 0.05) is 0 Å². The van der Waals surface area contributed by atoms with Crippen LogP contribution in [0.25, 0.3) is 22.3 Å². The van der Waals surface area contributed by atoms with Gasteiger partial charge in [0.25, 0.3) is 16.7 Å². The van der Waals surface area contributed by atoms with Crippen molar-refractivity contribution in [2.75, 3.05) is 24.7 Å². The Morgan fingerprint density at radius 3 is 1.81 bits per heavy atom. The molecule has 0 saturated carbocycles. The van der Waals surface area contributed by atoms with Gasteiger partial charge in [-0.3, -0.25) is 33.2 Å². The number of aliphatic hydroxyl groups is 4. The molecule has 0 amide bonds.